The molecule has 0 atom stereocenters. The van der Waals surface area contributed by atoms with Gasteiger partial charge in [0, 0.05) is 10.4 Å². The van der Waals surface area contributed by atoms with Crippen molar-refractivity contribution in [3.8, 4) is 16.3 Å². The highest BCUT2D eigenvalue weighted by atomic mass is 35.5. The molecule has 0 aliphatic carbocycles. The van der Waals surface area contributed by atoms with Gasteiger partial charge in [0.2, 0.25) is 0 Å². The van der Waals surface area contributed by atoms with Crippen molar-refractivity contribution in [2.45, 2.75) is 19.8 Å². The van der Waals surface area contributed by atoms with Crippen LogP contribution in [0.5, 0.6) is 5.75 Å². The summed E-state index contributed by atoms with van der Waals surface area (Å²) < 4.78 is 10.0. The molecule has 0 saturated heterocycles. The molecule has 0 amide bonds. The second-order valence-electron chi connectivity index (χ2n) is 4.27. The van der Waals surface area contributed by atoms with E-state index in [0.29, 0.717) is 24.6 Å². The number of methoxy groups -OCH3 is 1. The zero-order valence-electron chi connectivity index (χ0n) is 11.9. The summed E-state index contributed by atoms with van der Waals surface area (Å²) in [4.78, 5) is 16.6. The first-order valence-electron chi connectivity index (χ1n) is 6.59. The van der Waals surface area contributed by atoms with Crippen LogP contribution in [0.25, 0.3) is 10.6 Å². The van der Waals surface area contributed by atoms with Crippen molar-refractivity contribution in [3.05, 3.63) is 34.3 Å². The van der Waals surface area contributed by atoms with Crippen LogP contribution in [0.15, 0.2) is 24.3 Å². The normalized spacial score (nSPS) is 10.4. The number of ether oxygens (including phenoxy) is 2. The van der Waals surface area contributed by atoms with Gasteiger partial charge in [0.05, 0.1) is 20.1 Å². The van der Waals surface area contributed by atoms with Crippen LogP contribution in [0, 0.1) is 0 Å². The molecular weight excluding hydrogens is 310 g/mol. The van der Waals surface area contributed by atoms with E-state index >= 15 is 0 Å². The lowest BCUT2D eigenvalue weighted by Gasteiger charge is -2.00. The van der Waals surface area contributed by atoms with Gasteiger partial charge in [-0.3, -0.25) is 4.79 Å². The Morgan fingerprint density at radius 1 is 1.33 bits per heavy atom. The van der Waals surface area contributed by atoms with Crippen LogP contribution in [0.2, 0.25) is 5.15 Å². The van der Waals surface area contributed by atoms with Crippen molar-refractivity contribution in [2.75, 3.05) is 13.7 Å². The molecule has 0 radical (unpaired) electrons. The number of nitrogens with zero attached hydrogens (tertiary/aromatic N) is 1. The fraction of sp³-hybridized carbons (Fsp3) is 0.333. The molecule has 0 saturated carbocycles. The largest absolute Gasteiger partial charge is 0.497 e. The molecule has 0 N–H and O–H groups in total. The number of carbonyl (C=O) groups excluding carboxylic acids is 1. The molecule has 1 aromatic carbocycles. The number of hydrogen-bond donors (Lipinski definition) is 0. The van der Waals surface area contributed by atoms with E-state index in [4.69, 9.17) is 21.1 Å². The van der Waals surface area contributed by atoms with Crippen LogP contribution in [0.1, 0.15) is 18.2 Å². The zero-order valence-corrected chi connectivity index (χ0v) is 13.5. The fourth-order valence-corrected chi connectivity index (χ4v) is 3.10. The van der Waals surface area contributed by atoms with Crippen LogP contribution in [0.3, 0.4) is 0 Å². The number of esters is 1. The Bertz CT molecular complexity index is 610. The number of aryl methyl sites for hydroxylation is 1. The summed E-state index contributed by atoms with van der Waals surface area (Å²) in [6, 6.07) is 7.62. The second kappa shape index (κ2) is 7.43. The van der Waals surface area contributed by atoms with Gasteiger partial charge >= 0.3 is 5.97 Å². The number of benzene rings is 1. The van der Waals surface area contributed by atoms with Crippen LogP contribution in [-0.2, 0) is 16.0 Å². The van der Waals surface area contributed by atoms with Gasteiger partial charge < -0.3 is 9.47 Å². The maximum atomic E-state index is 11.4. The molecule has 21 heavy (non-hydrogen) atoms. The first-order valence-corrected chi connectivity index (χ1v) is 7.78. The van der Waals surface area contributed by atoms with E-state index in [9.17, 15) is 4.79 Å². The molecule has 0 spiro atoms. The molecule has 112 valence electrons. The van der Waals surface area contributed by atoms with Crippen LogP contribution < -0.4 is 4.74 Å². The molecule has 6 heteroatoms. The average molecular weight is 326 g/mol. The van der Waals surface area contributed by atoms with Crippen molar-refractivity contribution in [1.82, 2.24) is 4.98 Å². The highest BCUT2D eigenvalue weighted by Gasteiger charge is 2.13. The standard InChI is InChI=1S/C15H16ClNO3S/c1-3-20-13(18)9-8-12-14(16)17-15(21-12)10-4-6-11(19-2)7-5-10/h4-7H,3,8-9H2,1-2H3. The number of rotatable bonds is 6. The van der Waals surface area contributed by atoms with Gasteiger partial charge in [-0.15, -0.1) is 11.3 Å². The molecule has 0 bridgehead atoms. The highest BCUT2D eigenvalue weighted by molar-refractivity contribution is 7.15. The van der Waals surface area contributed by atoms with E-state index < -0.39 is 0 Å². The number of aromatic nitrogens is 1. The number of halogens is 1. The van der Waals surface area contributed by atoms with Gasteiger partial charge in [0.15, 0.2) is 0 Å². The van der Waals surface area contributed by atoms with Gasteiger partial charge in [-0.1, -0.05) is 11.6 Å². The molecule has 0 aliphatic heterocycles. The predicted molar refractivity (Wildman–Crippen MR) is 84.1 cm³/mol. The Morgan fingerprint density at radius 3 is 2.67 bits per heavy atom. The van der Waals surface area contributed by atoms with E-state index in [1.54, 1.807) is 14.0 Å². The van der Waals surface area contributed by atoms with E-state index in [2.05, 4.69) is 4.98 Å². The van der Waals surface area contributed by atoms with Crippen molar-refractivity contribution < 1.29 is 14.3 Å². The van der Waals surface area contributed by atoms with Gasteiger partial charge in [-0.2, -0.15) is 0 Å². The van der Waals surface area contributed by atoms with E-state index in [1.807, 2.05) is 24.3 Å². The summed E-state index contributed by atoms with van der Waals surface area (Å²) in [7, 11) is 1.63. The zero-order chi connectivity index (χ0) is 15.2. The minimum Gasteiger partial charge on any atom is -0.497 e. The SMILES string of the molecule is CCOC(=O)CCc1sc(-c2ccc(OC)cc2)nc1Cl. The lowest BCUT2D eigenvalue weighted by Crippen LogP contribution is -2.04. The number of hydrogen-bond acceptors (Lipinski definition) is 5. The average Bonchev–Trinajstić information content (AvgIpc) is 2.87. The summed E-state index contributed by atoms with van der Waals surface area (Å²) in [5, 5.41) is 1.29. The number of carbonyl (C=O) groups is 1. The third kappa shape index (κ3) is 4.19. The first kappa shape index (κ1) is 15.8. The minimum absolute atomic E-state index is 0.215. The van der Waals surface area contributed by atoms with Gasteiger partial charge in [0.25, 0.3) is 0 Å². The third-order valence-corrected chi connectivity index (χ3v) is 4.44. The molecular formula is C15H16ClNO3S. The predicted octanol–water partition coefficient (Wildman–Crippen LogP) is 3.97. The molecule has 2 aromatic rings. The summed E-state index contributed by atoms with van der Waals surface area (Å²) in [5.74, 6) is 0.580. The maximum absolute atomic E-state index is 11.4. The van der Waals surface area contributed by atoms with Crippen molar-refractivity contribution >= 4 is 28.9 Å². The summed E-state index contributed by atoms with van der Waals surface area (Å²) in [6.45, 7) is 2.19. The van der Waals surface area contributed by atoms with Crippen molar-refractivity contribution in [1.29, 1.82) is 0 Å². The molecule has 1 aromatic heterocycles. The lowest BCUT2D eigenvalue weighted by molar-refractivity contribution is -0.143. The molecule has 0 fully saturated rings. The fourth-order valence-electron chi connectivity index (χ4n) is 1.79. The summed E-state index contributed by atoms with van der Waals surface area (Å²) in [5.41, 5.74) is 0.977. The molecule has 2 rings (SSSR count). The summed E-state index contributed by atoms with van der Waals surface area (Å²) >= 11 is 7.63. The molecule has 0 unspecified atom stereocenters. The smallest absolute Gasteiger partial charge is 0.306 e. The monoisotopic (exact) mass is 325 g/mol. The third-order valence-electron chi connectivity index (χ3n) is 2.85. The molecule has 1 heterocycles. The Labute approximate surface area is 132 Å². The van der Waals surface area contributed by atoms with Crippen molar-refractivity contribution in [2.24, 2.45) is 0 Å². The Morgan fingerprint density at radius 2 is 2.05 bits per heavy atom. The van der Waals surface area contributed by atoms with E-state index in [0.717, 1.165) is 21.2 Å². The van der Waals surface area contributed by atoms with Crippen LogP contribution in [0.4, 0.5) is 0 Å². The topological polar surface area (TPSA) is 48.4 Å². The van der Waals surface area contributed by atoms with Gasteiger partial charge in [0.1, 0.15) is 15.9 Å². The minimum atomic E-state index is -0.215. The van der Waals surface area contributed by atoms with Crippen LogP contribution >= 0.6 is 22.9 Å². The molecule has 4 nitrogen and oxygen atoms in total. The van der Waals surface area contributed by atoms with Crippen LogP contribution in [-0.4, -0.2) is 24.7 Å². The second-order valence-corrected chi connectivity index (χ2v) is 5.71. The Balaban J connectivity index is 2.09. The number of thiazole rings is 1. The Hall–Kier alpha value is -1.59. The quantitative estimate of drug-likeness (QED) is 0.754. The Kier molecular flexibility index (Phi) is 5.59. The van der Waals surface area contributed by atoms with Gasteiger partial charge in [-0.25, -0.2) is 4.98 Å². The van der Waals surface area contributed by atoms with Gasteiger partial charge in [-0.05, 0) is 37.6 Å². The highest BCUT2D eigenvalue weighted by Crippen LogP contribution is 2.32. The lowest BCUT2D eigenvalue weighted by atomic mass is 10.2. The van der Waals surface area contributed by atoms with E-state index in [-0.39, 0.29) is 5.97 Å². The van der Waals surface area contributed by atoms with Crippen molar-refractivity contribution in [3.63, 3.8) is 0 Å². The molecule has 0 aliphatic rings. The summed E-state index contributed by atoms with van der Waals surface area (Å²) in [6.07, 6.45) is 0.864. The first-order chi connectivity index (χ1) is 10.1. The maximum Gasteiger partial charge on any atom is 0.306 e. The van der Waals surface area contributed by atoms with E-state index in [1.165, 1.54) is 11.3 Å².